The van der Waals surface area contributed by atoms with Crippen LogP contribution in [0.1, 0.15) is 33.4 Å². The number of anilines is 1. The van der Waals surface area contributed by atoms with Crippen LogP contribution in [0.15, 0.2) is 74.2 Å². The summed E-state index contributed by atoms with van der Waals surface area (Å²) < 4.78 is 6.79. The zero-order valence-electron chi connectivity index (χ0n) is 16.2. The molecule has 2 aliphatic rings. The molecule has 3 aromatic rings. The maximum atomic E-state index is 12.9. The lowest BCUT2D eigenvalue weighted by molar-refractivity contribution is -0.114. The van der Waals surface area contributed by atoms with Gasteiger partial charge in [-0.1, -0.05) is 22.0 Å². The van der Waals surface area contributed by atoms with Crippen molar-refractivity contribution in [3.63, 3.8) is 0 Å². The molecule has 5 rings (SSSR count). The van der Waals surface area contributed by atoms with Gasteiger partial charge in [0.1, 0.15) is 11.5 Å². The Kier molecular flexibility index (Phi) is 4.44. The molecular weight excluding hydrogens is 462 g/mol. The first kappa shape index (κ1) is 19.2. The number of amides is 3. The number of hydrogen-bond acceptors (Lipinski definition) is 5. The zero-order valence-corrected chi connectivity index (χ0v) is 17.8. The summed E-state index contributed by atoms with van der Waals surface area (Å²) >= 11 is 3.38. The molecule has 0 fully saturated rings. The van der Waals surface area contributed by atoms with Crippen LogP contribution < -0.4 is 10.3 Å². The van der Waals surface area contributed by atoms with Crippen LogP contribution in [0.4, 0.5) is 5.69 Å². The lowest BCUT2D eigenvalue weighted by atomic mass is 10.0. The number of rotatable bonds is 3. The van der Waals surface area contributed by atoms with E-state index in [1.807, 2.05) is 12.1 Å². The summed E-state index contributed by atoms with van der Waals surface area (Å²) in [6.07, 6.45) is 1.65. The molecule has 2 aromatic carbocycles. The van der Waals surface area contributed by atoms with Gasteiger partial charge in [0, 0.05) is 10.0 Å². The average Bonchev–Trinajstić information content (AvgIpc) is 3.42. The number of hydrazone groups is 1. The first-order valence-electron chi connectivity index (χ1n) is 9.38. The molecule has 0 unspecified atom stereocenters. The van der Waals surface area contributed by atoms with Crippen molar-refractivity contribution in [2.24, 2.45) is 5.10 Å². The van der Waals surface area contributed by atoms with E-state index in [0.717, 1.165) is 4.47 Å². The average molecular weight is 476 g/mol. The van der Waals surface area contributed by atoms with Crippen LogP contribution in [0.2, 0.25) is 0 Å². The van der Waals surface area contributed by atoms with Crippen molar-refractivity contribution in [2.45, 2.75) is 6.92 Å². The third-order valence-electron chi connectivity index (χ3n) is 5.07. The van der Waals surface area contributed by atoms with Gasteiger partial charge < -0.3 is 4.42 Å². The number of imide groups is 1. The van der Waals surface area contributed by atoms with E-state index in [1.54, 1.807) is 55.5 Å². The van der Waals surface area contributed by atoms with Crippen molar-refractivity contribution < 1.29 is 18.8 Å². The molecule has 3 heterocycles. The highest BCUT2D eigenvalue weighted by atomic mass is 79.9. The maximum Gasteiger partial charge on any atom is 0.280 e. The van der Waals surface area contributed by atoms with Crippen molar-refractivity contribution in [3.05, 3.63) is 81.5 Å². The molecular formula is C23H14BrN3O4. The lowest BCUT2D eigenvalue weighted by Gasteiger charge is -2.11. The second-order valence-corrected chi connectivity index (χ2v) is 8.00. The van der Waals surface area contributed by atoms with Gasteiger partial charge >= 0.3 is 0 Å². The smallest absolute Gasteiger partial charge is 0.280 e. The number of nitrogens with one attached hydrogen (secondary N) is 1. The number of hydrogen-bond donors (Lipinski definition) is 1. The Morgan fingerprint density at radius 2 is 1.71 bits per heavy atom. The molecule has 0 saturated heterocycles. The van der Waals surface area contributed by atoms with Crippen molar-refractivity contribution in [1.82, 2.24) is 5.32 Å². The molecule has 3 amide bonds. The molecule has 0 bridgehead atoms. The number of nitrogens with zero attached hydrogens (tertiary/aromatic N) is 2. The summed E-state index contributed by atoms with van der Waals surface area (Å²) in [5.41, 5.74) is 3.01. The Balaban J connectivity index is 1.43. The number of carbonyl (C=O) groups is 3. The van der Waals surface area contributed by atoms with Crippen LogP contribution in [-0.2, 0) is 4.79 Å². The third-order valence-corrected chi connectivity index (χ3v) is 5.60. The summed E-state index contributed by atoms with van der Waals surface area (Å²) in [7, 11) is 0. The minimum absolute atomic E-state index is 0.245. The Bertz CT molecular complexity index is 1340. The number of halogens is 1. The van der Waals surface area contributed by atoms with Crippen molar-refractivity contribution in [1.29, 1.82) is 0 Å². The molecule has 0 aliphatic carbocycles. The normalized spacial score (nSPS) is 16.7. The van der Waals surface area contributed by atoms with E-state index < -0.39 is 11.8 Å². The van der Waals surface area contributed by atoms with Gasteiger partial charge in [-0.3, -0.25) is 19.7 Å². The quantitative estimate of drug-likeness (QED) is 0.448. The predicted octanol–water partition coefficient (Wildman–Crippen LogP) is 4.40. The van der Waals surface area contributed by atoms with Gasteiger partial charge in [0.2, 0.25) is 0 Å². The number of carbonyl (C=O) groups excluding carboxylic acids is 3. The molecule has 31 heavy (non-hydrogen) atoms. The van der Waals surface area contributed by atoms with E-state index in [2.05, 4.69) is 26.3 Å². The molecule has 7 nitrogen and oxygen atoms in total. The fourth-order valence-electron chi connectivity index (χ4n) is 3.49. The van der Waals surface area contributed by atoms with Crippen molar-refractivity contribution in [2.75, 3.05) is 5.01 Å². The molecule has 1 N–H and O–H groups in total. The standard InChI is InChI=1S/C23H14BrN3O4/c1-12-18(23(30)27(26-12)15-5-3-14(24)4-6-15)11-16-7-9-20(31-16)13-2-8-17-19(10-13)22(29)25-21(17)28/h2-11H,1H3,(H,25,28,29)/b18-11-. The van der Waals surface area contributed by atoms with E-state index in [0.29, 0.717) is 45.2 Å². The number of fused-ring (bicyclic) bond motifs is 1. The second kappa shape index (κ2) is 7.17. The van der Waals surface area contributed by atoms with Crippen LogP contribution >= 0.6 is 15.9 Å². The van der Waals surface area contributed by atoms with Crippen LogP contribution in [0, 0.1) is 0 Å². The van der Waals surface area contributed by atoms with Gasteiger partial charge in [0.05, 0.1) is 28.1 Å². The molecule has 152 valence electrons. The van der Waals surface area contributed by atoms with Crippen LogP contribution in [-0.4, -0.2) is 23.4 Å². The van der Waals surface area contributed by atoms with Gasteiger partial charge in [-0.25, -0.2) is 0 Å². The summed E-state index contributed by atoms with van der Waals surface area (Å²) in [4.78, 5) is 36.5. The minimum Gasteiger partial charge on any atom is -0.457 e. The zero-order chi connectivity index (χ0) is 21.7. The fraction of sp³-hybridized carbons (Fsp3) is 0.0435. The topological polar surface area (TPSA) is 92.0 Å². The van der Waals surface area contributed by atoms with E-state index in [-0.39, 0.29) is 5.91 Å². The highest BCUT2D eigenvalue weighted by Crippen LogP contribution is 2.30. The molecule has 0 radical (unpaired) electrons. The van der Waals surface area contributed by atoms with Gasteiger partial charge in [0.25, 0.3) is 17.7 Å². The molecule has 1 aromatic heterocycles. The largest absolute Gasteiger partial charge is 0.457 e. The summed E-state index contributed by atoms with van der Waals surface area (Å²) in [6, 6.07) is 15.7. The maximum absolute atomic E-state index is 12.9. The van der Waals surface area contributed by atoms with Gasteiger partial charge in [-0.2, -0.15) is 10.1 Å². The van der Waals surface area contributed by atoms with Gasteiger partial charge in [0.15, 0.2) is 0 Å². The number of benzene rings is 2. The van der Waals surface area contributed by atoms with Gasteiger partial charge in [-0.05, 0) is 61.5 Å². The number of furan rings is 1. The summed E-state index contributed by atoms with van der Waals surface area (Å²) in [6.45, 7) is 1.77. The van der Waals surface area contributed by atoms with E-state index in [9.17, 15) is 14.4 Å². The van der Waals surface area contributed by atoms with Crippen LogP contribution in [0.25, 0.3) is 17.4 Å². The first-order valence-corrected chi connectivity index (χ1v) is 10.2. The lowest BCUT2D eigenvalue weighted by Crippen LogP contribution is -2.21. The van der Waals surface area contributed by atoms with Crippen molar-refractivity contribution >= 4 is 51.1 Å². The molecule has 2 aliphatic heterocycles. The second-order valence-electron chi connectivity index (χ2n) is 7.08. The summed E-state index contributed by atoms with van der Waals surface area (Å²) in [5.74, 6) is -0.0721. The highest BCUT2D eigenvalue weighted by molar-refractivity contribution is 9.10. The molecule has 0 saturated carbocycles. The van der Waals surface area contributed by atoms with E-state index in [4.69, 9.17) is 4.42 Å². The monoisotopic (exact) mass is 475 g/mol. The molecule has 0 spiro atoms. The Labute approximate surface area is 185 Å². The Morgan fingerprint density at radius 1 is 0.968 bits per heavy atom. The Morgan fingerprint density at radius 3 is 2.48 bits per heavy atom. The van der Waals surface area contributed by atoms with Crippen molar-refractivity contribution in [3.8, 4) is 11.3 Å². The minimum atomic E-state index is -0.424. The van der Waals surface area contributed by atoms with E-state index >= 15 is 0 Å². The van der Waals surface area contributed by atoms with Crippen LogP contribution in [0.3, 0.4) is 0 Å². The highest BCUT2D eigenvalue weighted by Gasteiger charge is 2.29. The summed E-state index contributed by atoms with van der Waals surface area (Å²) in [5, 5.41) is 7.99. The first-order chi connectivity index (χ1) is 14.9. The molecule has 0 atom stereocenters. The Hall–Kier alpha value is -3.78. The molecule has 8 heteroatoms. The fourth-order valence-corrected chi connectivity index (χ4v) is 3.75. The third kappa shape index (κ3) is 3.30. The SMILES string of the molecule is CC1=NN(c2ccc(Br)cc2)C(=O)/C1=C\c1ccc(-c2ccc3c(c2)C(=O)NC3=O)o1. The van der Waals surface area contributed by atoms with Crippen LogP contribution in [0.5, 0.6) is 0 Å². The predicted molar refractivity (Wildman–Crippen MR) is 119 cm³/mol. The van der Waals surface area contributed by atoms with E-state index in [1.165, 1.54) is 5.01 Å². The van der Waals surface area contributed by atoms with Gasteiger partial charge in [-0.15, -0.1) is 0 Å².